The van der Waals surface area contributed by atoms with E-state index in [4.69, 9.17) is 14.9 Å². The van der Waals surface area contributed by atoms with Gasteiger partial charge < -0.3 is 14.9 Å². The van der Waals surface area contributed by atoms with Gasteiger partial charge in [-0.05, 0) is 13.8 Å². The highest BCUT2D eigenvalue weighted by molar-refractivity contribution is 8.00. The largest absolute Gasteiger partial charge is 0.481 e. The van der Waals surface area contributed by atoms with Crippen molar-refractivity contribution in [2.45, 2.75) is 19.3 Å². The molecule has 0 rings (SSSR count). The number of carbonyl (C=O) groups is 3. The molecule has 0 saturated carbocycles. The Bertz CT molecular complexity index is 264. The average molecular weight is 236 g/mol. The summed E-state index contributed by atoms with van der Waals surface area (Å²) in [6.45, 7) is 2.69. The molecular formula is C8H12O6S. The van der Waals surface area contributed by atoms with Gasteiger partial charge in [0.25, 0.3) is 0 Å². The van der Waals surface area contributed by atoms with Gasteiger partial charge >= 0.3 is 17.9 Å². The Balaban J connectivity index is 3.96. The molecule has 0 amide bonds. The second-order valence-electron chi connectivity index (χ2n) is 2.77. The summed E-state index contributed by atoms with van der Waals surface area (Å²) in [5.41, 5.74) is -0.671. The summed E-state index contributed by atoms with van der Waals surface area (Å²) in [6, 6.07) is 0. The number of hydrogen-bond donors (Lipinski definition) is 2. The van der Waals surface area contributed by atoms with E-state index in [1.54, 1.807) is 0 Å². The highest BCUT2D eigenvalue weighted by Crippen LogP contribution is 2.13. The lowest BCUT2D eigenvalue weighted by Crippen LogP contribution is -2.25. The Morgan fingerprint density at radius 1 is 1.27 bits per heavy atom. The number of esters is 1. The summed E-state index contributed by atoms with van der Waals surface area (Å²) >= 11 is 0.906. The molecule has 0 radical (unpaired) electrons. The topological polar surface area (TPSA) is 101 Å². The summed E-state index contributed by atoms with van der Waals surface area (Å²) in [4.78, 5) is 31.6. The number of carboxylic acids is 2. The second-order valence-corrected chi connectivity index (χ2v) is 4.06. The molecule has 0 aromatic heterocycles. The zero-order chi connectivity index (χ0) is 12.0. The lowest BCUT2D eigenvalue weighted by molar-refractivity contribution is -0.158. The van der Waals surface area contributed by atoms with E-state index in [0.717, 1.165) is 11.8 Å². The number of carboxylic acid groups (broad SMARTS) is 2. The minimum absolute atomic E-state index is 0.199. The molecule has 0 aliphatic carbocycles. The summed E-state index contributed by atoms with van der Waals surface area (Å²) in [7, 11) is 0. The molecule has 6 nitrogen and oxygen atoms in total. The van der Waals surface area contributed by atoms with E-state index in [2.05, 4.69) is 0 Å². The van der Waals surface area contributed by atoms with E-state index in [0.29, 0.717) is 0 Å². The molecule has 0 aliphatic heterocycles. The van der Waals surface area contributed by atoms with E-state index in [9.17, 15) is 14.4 Å². The van der Waals surface area contributed by atoms with E-state index < -0.39 is 29.3 Å². The number of thioether (sulfide) groups is 1. The Morgan fingerprint density at radius 3 is 2.20 bits per heavy atom. The summed E-state index contributed by atoms with van der Waals surface area (Å²) < 4.78 is 4.70. The molecule has 2 N–H and O–H groups in total. The first kappa shape index (κ1) is 13.8. The minimum Gasteiger partial charge on any atom is -0.481 e. The molecule has 0 aromatic carbocycles. The van der Waals surface area contributed by atoms with Crippen molar-refractivity contribution in [1.29, 1.82) is 0 Å². The van der Waals surface area contributed by atoms with Gasteiger partial charge in [0.1, 0.15) is 5.44 Å². The van der Waals surface area contributed by atoms with E-state index >= 15 is 0 Å². The van der Waals surface area contributed by atoms with Crippen LogP contribution in [-0.4, -0.2) is 39.3 Å². The fourth-order valence-electron chi connectivity index (χ4n) is 0.589. The minimum atomic E-state index is -1.27. The van der Waals surface area contributed by atoms with Crippen LogP contribution in [0.15, 0.2) is 0 Å². The molecular weight excluding hydrogens is 224 g/mol. The second kappa shape index (κ2) is 6.28. The SMILES string of the molecule is CC(OC(=O)C(C)C(=O)O)SCC(=O)O. The van der Waals surface area contributed by atoms with Gasteiger partial charge in [0.2, 0.25) is 0 Å². The predicted molar refractivity (Wildman–Crippen MR) is 52.4 cm³/mol. The molecule has 0 aromatic rings. The molecule has 0 aliphatic rings. The van der Waals surface area contributed by atoms with Crippen LogP contribution in [0.2, 0.25) is 0 Å². The highest BCUT2D eigenvalue weighted by Gasteiger charge is 2.24. The maximum absolute atomic E-state index is 11.1. The molecule has 7 heteroatoms. The van der Waals surface area contributed by atoms with E-state index in [-0.39, 0.29) is 5.75 Å². The number of carbonyl (C=O) groups excluding carboxylic acids is 1. The van der Waals surface area contributed by atoms with Gasteiger partial charge in [-0.2, -0.15) is 0 Å². The molecule has 0 saturated heterocycles. The van der Waals surface area contributed by atoms with Crippen molar-refractivity contribution in [1.82, 2.24) is 0 Å². The summed E-state index contributed by atoms with van der Waals surface area (Å²) in [5.74, 6) is -4.59. The van der Waals surface area contributed by atoms with Crippen LogP contribution >= 0.6 is 11.8 Å². The lowest BCUT2D eigenvalue weighted by atomic mass is 10.2. The first-order valence-electron chi connectivity index (χ1n) is 4.11. The third-order valence-corrected chi connectivity index (χ3v) is 2.43. The van der Waals surface area contributed by atoms with Crippen LogP contribution in [0.1, 0.15) is 13.8 Å². The van der Waals surface area contributed by atoms with Crippen LogP contribution in [0.25, 0.3) is 0 Å². The molecule has 0 fully saturated rings. The molecule has 0 spiro atoms. The van der Waals surface area contributed by atoms with Crippen molar-refractivity contribution in [2.75, 3.05) is 5.75 Å². The van der Waals surface area contributed by atoms with Crippen LogP contribution in [0.4, 0.5) is 0 Å². The van der Waals surface area contributed by atoms with Gasteiger partial charge in [0.05, 0.1) is 5.75 Å². The first-order valence-corrected chi connectivity index (χ1v) is 5.16. The van der Waals surface area contributed by atoms with Gasteiger partial charge in [-0.15, -0.1) is 11.8 Å². The van der Waals surface area contributed by atoms with Crippen molar-refractivity contribution < 1.29 is 29.3 Å². The fourth-order valence-corrected chi connectivity index (χ4v) is 1.13. The zero-order valence-electron chi connectivity index (χ0n) is 8.30. The van der Waals surface area contributed by atoms with Crippen LogP contribution in [0, 0.1) is 5.92 Å². The maximum atomic E-state index is 11.1. The van der Waals surface area contributed by atoms with Crippen molar-refractivity contribution in [3.8, 4) is 0 Å². The molecule has 2 atom stereocenters. The van der Waals surface area contributed by atoms with Crippen LogP contribution < -0.4 is 0 Å². The number of rotatable bonds is 6. The smallest absolute Gasteiger partial charge is 0.321 e. The van der Waals surface area contributed by atoms with E-state index in [1.807, 2.05) is 0 Å². The Hall–Kier alpha value is -1.24. The average Bonchev–Trinajstić information content (AvgIpc) is 2.13. The molecule has 0 bridgehead atoms. The zero-order valence-corrected chi connectivity index (χ0v) is 9.11. The van der Waals surface area contributed by atoms with Gasteiger partial charge in [-0.25, -0.2) is 0 Å². The third-order valence-electron chi connectivity index (χ3n) is 1.45. The summed E-state index contributed by atoms with van der Waals surface area (Å²) in [6.07, 6.45) is 0. The Labute approximate surface area is 90.6 Å². The van der Waals surface area contributed by atoms with Crippen molar-refractivity contribution in [2.24, 2.45) is 5.92 Å². The van der Waals surface area contributed by atoms with Crippen LogP contribution in [0.5, 0.6) is 0 Å². The monoisotopic (exact) mass is 236 g/mol. The highest BCUT2D eigenvalue weighted by atomic mass is 32.2. The molecule has 86 valence electrons. The number of aliphatic carboxylic acids is 2. The van der Waals surface area contributed by atoms with Crippen molar-refractivity contribution in [3.63, 3.8) is 0 Å². The molecule has 15 heavy (non-hydrogen) atoms. The van der Waals surface area contributed by atoms with Crippen LogP contribution in [-0.2, 0) is 19.1 Å². The predicted octanol–water partition coefficient (Wildman–Crippen LogP) is 0.414. The van der Waals surface area contributed by atoms with E-state index in [1.165, 1.54) is 13.8 Å². The quantitative estimate of drug-likeness (QED) is 0.391. The van der Waals surface area contributed by atoms with Crippen LogP contribution in [0.3, 0.4) is 0 Å². The fraction of sp³-hybridized carbons (Fsp3) is 0.625. The van der Waals surface area contributed by atoms with Gasteiger partial charge in [-0.1, -0.05) is 0 Å². The lowest BCUT2D eigenvalue weighted by Gasteiger charge is -2.13. The first-order chi connectivity index (χ1) is 6.84. The number of ether oxygens (including phenoxy) is 1. The van der Waals surface area contributed by atoms with Crippen molar-refractivity contribution >= 4 is 29.7 Å². The summed E-state index contributed by atoms with van der Waals surface area (Å²) in [5, 5.41) is 16.8. The third kappa shape index (κ3) is 5.95. The standard InChI is InChI=1S/C8H12O6S/c1-4(7(11)12)8(13)14-5(2)15-3-6(9)10/h4-5H,3H2,1-2H3,(H,9,10)(H,11,12). The van der Waals surface area contributed by atoms with Crippen molar-refractivity contribution in [3.05, 3.63) is 0 Å². The molecule has 0 heterocycles. The maximum Gasteiger partial charge on any atom is 0.321 e. The Kier molecular flexibility index (Phi) is 5.76. The number of hydrogen-bond acceptors (Lipinski definition) is 5. The van der Waals surface area contributed by atoms with Gasteiger partial charge in [0, 0.05) is 0 Å². The Morgan fingerprint density at radius 2 is 1.80 bits per heavy atom. The van der Waals surface area contributed by atoms with Gasteiger partial charge in [-0.3, -0.25) is 14.4 Å². The van der Waals surface area contributed by atoms with Gasteiger partial charge in [0.15, 0.2) is 5.92 Å². The normalized spacial score (nSPS) is 14.0. The molecule has 2 unspecified atom stereocenters.